The molecule has 0 saturated heterocycles. The molecule has 12 heavy (non-hydrogen) atoms. The Labute approximate surface area is 83.1 Å². The van der Waals surface area contributed by atoms with Crippen molar-refractivity contribution in [1.82, 2.24) is 4.90 Å². The predicted octanol–water partition coefficient (Wildman–Crippen LogP) is 1.62. The maximum absolute atomic E-state index is 8.72. The minimum absolute atomic E-state index is 0.325. The topological polar surface area (TPSA) is 23.5 Å². The summed E-state index contributed by atoms with van der Waals surface area (Å²) in [5, 5.41) is 9.77. The van der Waals surface area contributed by atoms with Crippen LogP contribution in [0.1, 0.15) is 25.7 Å². The van der Waals surface area contributed by atoms with Gasteiger partial charge in [0, 0.05) is 31.1 Å². The van der Waals surface area contributed by atoms with Gasteiger partial charge in [0.2, 0.25) is 0 Å². The van der Waals surface area contributed by atoms with E-state index in [0.717, 1.165) is 30.9 Å². The van der Waals surface area contributed by atoms with Crippen molar-refractivity contribution in [1.29, 1.82) is 0 Å². The highest BCUT2D eigenvalue weighted by atomic mass is 79.9. The molecule has 0 aromatic rings. The third kappa shape index (κ3) is 3.04. The molecule has 0 aromatic carbocycles. The van der Waals surface area contributed by atoms with E-state index in [-0.39, 0.29) is 0 Å². The monoisotopic (exact) mass is 235 g/mol. The molecule has 0 atom stereocenters. The molecule has 1 aliphatic rings. The standard InChI is InChI=1S/C9H18BrNO/c10-5-7-11(6-2-8-12)9-3-1-4-9/h9,12H,1-8H2. The molecule has 0 amide bonds. The van der Waals surface area contributed by atoms with Crippen molar-refractivity contribution in [2.24, 2.45) is 0 Å². The average molecular weight is 236 g/mol. The van der Waals surface area contributed by atoms with Gasteiger partial charge in [0.25, 0.3) is 0 Å². The summed E-state index contributed by atoms with van der Waals surface area (Å²) in [4.78, 5) is 2.49. The second kappa shape index (κ2) is 5.95. The van der Waals surface area contributed by atoms with Crippen LogP contribution >= 0.6 is 15.9 Å². The molecular weight excluding hydrogens is 218 g/mol. The summed E-state index contributed by atoms with van der Waals surface area (Å²) >= 11 is 3.46. The molecule has 0 aromatic heterocycles. The Kier molecular flexibility index (Phi) is 5.19. The molecule has 0 heterocycles. The highest BCUT2D eigenvalue weighted by Crippen LogP contribution is 2.24. The lowest BCUT2D eigenvalue weighted by Crippen LogP contribution is -2.41. The van der Waals surface area contributed by atoms with Gasteiger partial charge < -0.3 is 5.11 Å². The first-order chi connectivity index (χ1) is 5.88. The van der Waals surface area contributed by atoms with Gasteiger partial charge in [-0.05, 0) is 19.3 Å². The number of rotatable bonds is 6. The quantitative estimate of drug-likeness (QED) is 0.708. The second-order valence-corrected chi connectivity index (χ2v) is 4.18. The Morgan fingerprint density at radius 3 is 2.50 bits per heavy atom. The van der Waals surface area contributed by atoms with Crippen LogP contribution in [0.25, 0.3) is 0 Å². The van der Waals surface area contributed by atoms with E-state index < -0.39 is 0 Å². The molecule has 72 valence electrons. The van der Waals surface area contributed by atoms with Crippen LogP contribution in [-0.2, 0) is 0 Å². The van der Waals surface area contributed by atoms with Gasteiger partial charge in [-0.25, -0.2) is 0 Å². The molecule has 1 rings (SSSR count). The Bertz CT molecular complexity index is 117. The van der Waals surface area contributed by atoms with Gasteiger partial charge in [0.1, 0.15) is 0 Å². The normalized spacial score (nSPS) is 18.2. The second-order valence-electron chi connectivity index (χ2n) is 3.39. The van der Waals surface area contributed by atoms with Crippen molar-refractivity contribution in [2.75, 3.05) is 25.0 Å². The fourth-order valence-corrected chi connectivity index (χ4v) is 2.07. The highest BCUT2D eigenvalue weighted by Gasteiger charge is 2.23. The van der Waals surface area contributed by atoms with E-state index in [0.29, 0.717) is 6.61 Å². The van der Waals surface area contributed by atoms with Crippen LogP contribution in [0.4, 0.5) is 0 Å². The van der Waals surface area contributed by atoms with Crippen molar-refractivity contribution < 1.29 is 5.11 Å². The van der Waals surface area contributed by atoms with Gasteiger partial charge in [0.05, 0.1) is 0 Å². The molecular formula is C9H18BrNO. The number of halogens is 1. The van der Waals surface area contributed by atoms with Crippen LogP contribution in [-0.4, -0.2) is 41.1 Å². The molecule has 0 aliphatic heterocycles. The Hall–Kier alpha value is 0.400. The van der Waals surface area contributed by atoms with E-state index in [4.69, 9.17) is 5.11 Å². The highest BCUT2D eigenvalue weighted by molar-refractivity contribution is 9.09. The smallest absolute Gasteiger partial charge is 0.0443 e. The molecule has 2 nitrogen and oxygen atoms in total. The molecule has 1 fully saturated rings. The van der Waals surface area contributed by atoms with Gasteiger partial charge in [-0.2, -0.15) is 0 Å². The maximum Gasteiger partial charge on any atom is 0.0443 e. The molecule has 1 aliphatic carbocycles. The van der Waals surface area contributed by atoms with Crippen LogP contribution < -0.4 is 0 Å². The summed E-state index contributed by atoms with van der Waals surface area (Å²) in [5.74, 6) is 0. The van der Waals surface area contributed by atoms with E-state index in [9.17, 15) is 0 Å². The number of hydrogen-bond acceptors (Lipinski definition) is 2. The first-order valence-corrected chi connectivity index (χ1v) is 5.91. The van der Waals surface area contributed by atoms with Crippen LogP contribution in [0, 0.1) is 0 Å². The van der Waals surface area contributed by atoms with Crippen molar-refractivity contribution in [3.05, 3.63) is 0 Å². The van der Waals surface area contributed by atoms with Gasteiger partial charge in [-0.1, -0.05) is 22.4 Å². The summed E-state index contributed by atoms with van der Waals surface area (Å²) in [7, 11) is 0. The fourth-order valence-electron chi connectivity index (χ4n) is 1.61. The summed E-state index contributed by atoms with van der Waals surface area (Å²) in [5.41, 5.74) is 0. The lowest BCUT2D eigenvalue weighted by molar-refractivity contribution is 0.124. The molecule has 0 spiro atoms. The molecule has 0 radical (unpaired) electrons. The minimum Gasteiger partial charge on any atom is -0.396 e. The van der Waals surface area contributed by atoms with E-state index in [1.165, 1.54) is 19.3 Å². The van der Waals surface area contributed by atoms with Gasteiger partial charge >= 0.3 is 0 Å². The van der Waals surface area contributed by atoms with E-state index in [1.54, 1.807) is 0 Å². The zero-order chi connectivity index (χ0) is 8.81. The fraction of sp³-hybridized carbons (Fsp3) is 1.00. The third-order valence-electron chi connectivity index (χ3n) is 2.57. The molecule has 1 saturated carbocycles. The largest absolute Gasteiger partial charge is 0.396 e. The summed E-state index contributed by atoms with van der Waals surface area (Å²) in [6.45, 7) is 2.52. The van der Waals surface area contributed by atoms with Crippen LogP contribution in [0.5, 0.6) is 0 Å². The van der Waals surface area contributed by atoms with Gasteiger partial charge in [-0.3, -0.25) is 4.90 Å². The number of hydrogen-bond donors (Lipinski definition) is 1. The zero-order valence-corrected chi connectivity index (χ0v) is 9.09. The van der Waals surface area contributed by atoms with Crippen molar-refractivity contribution in [3.63, 3.8) is 0 Å². The Balaban J connectivity index is 2.17. The van der Waals surface area contributed by atoms with Gasteiger partial charge in [0.15, 0.2) is 0 Å². The number of nitrogens with zero attached hydrogens (tertiary/aromatic N) is 1. The Morgan fingerprint density at radius 1 is 1.33 bits per heavy atom. The first-order valence-electron chi connectivity index (χ1n) is 4.79. The number of aliphatic hydroxyl groups excluding tert-OH is 1. The van der Waals surface area contributed by atoms with Crippen LogP contribution in [0.3, 0.4) is 0 Å². The SMILES string of the molecule is OCCCN(CCBr)C1CCC1. The van der Waals surface area contributed by atoms with Crippen molar-refractivity contribution >= 4 is 15.9 Å². The third-order valence-corrected chi connectivity index (χ3v) is 2.92. The van der Waals surface area contributed by atoms with E-state index in [1.807, 2.05) is 0 Å². The number of aliphatic hydroxyl groups is 1. The van der Waals surface area contributed by atoms with Crippen LogP contribution in [0.2, 0.25) is 0 Å². The number of alkyl halides is 1. The minimum atomic E-state index is 0.325. The summed E-state index contributed by atoms with van der Waals surface area (Å²) in [6, 6.07) is 0.814. The summed E-state index contributed by atoms with van der Waals surface area (Å²) < 4.78 is 0. The maximum atomic E-state index is 8.72. The zero-order valence-electron chi connectivity index (χ0n) is 7.51. The molecule has 0 unspecified atom stereocenters. The summed E-state index contributed by atoms with van der Waals surface area (Å²) in [6.07, 6.45) is 5.03. The average Bonchev–Trinajstić information content (AvgIpc) is 1.97. The lowest BCUT2D eigenvalue weighted by atomic mass is 9.91. The van der Waals surface area contributed by atoms with Crippen LogP contribution in [0.15, 0.2) is 0 Å². The van der Waals surface area contributed by atoms with Crippen molar-refractivity contribution in [3.8, 4) is 0 Å². The lowest BCUT2D eigenvalue weighted by Gasteiger charge is -2.37. The van der Waals surface area contributed by atoms with E-state index >= 15 is 0 Å². The Morgan fingerprint density at radius 2 is 2.08 bits per heavy atom. The van der Waals surface area contributed by atoms with Gasteiger partial charge in [-0.15, -0.1) is 0 Å². The van der Waals surface area contributed by atoms with E-state index in [2.05, 4.69) is 20.8 Å². The molecule has 1 N–H and O–H groups in total. The molecule has 0 bridgehead atoms. The molecule has 3 heteroatoms. The first kappa shape index (κ1) is 10.5. The predicted molar refractivity (Wildman–Crippen MR) is 54.7 cm³/mol. The van der Waals surface area contributed by atoms with Crippen molar-refractivity contribution in [2.45, 2.75) is 31.7 Å².